The monoisotopic (exact) mass is 563 g/mol. The van der Waals surface area contributed by atoms with Gasteiger partial charge in [0.05, 0.1) is 5.25 Å². The fourth-order valence-corrected chi connectivity index (χ4v) is 5.06. The van der Waals surface area contributed by atoms with Crippen LogP contribution in [0.15, 0.2) is 108 Å². The largest absolute Gasteiger partial charge is 0.325 e. The van der Waals surface area contributed by atoms with E-state index in [-0.39, 0.29) is 22.8 Å². The molecule has 4 aromatic rings. The van der Waals surface area contributed by atoms with Crippen LogP contribution in [-0.4, -0.2) is 23.0 Å². The molecule has 0 spiro atoms. The Labute approximate surface area is 245 Å². The number of carbonyl (C=O) groups excluding carboxylic acids is 3. The smallest absolute Gasteiger partial charge is 0.272 e. The summed E-state index contributed by atoms with van der Waals surface area (Å²) in [7, 11) is 0. The van der Waals surface area contributed by atoms with Crippen molar-refractivity contribution in [2.45, 2.75) is 37.8 Å². The molecule has 1 atom stereocenters. The molecule has 4 rings (SSSR count). The van der Waals surface area contributed by atoms with Gasteiger partial charge in [0.25, 0.3) is 11.8 Å². The lowest BCUT2D eigenvalue weighted by Gasteiger charge is -2.15. The zero-order valence-electron chi connectivity index (χ0n) is 23.5. The van der Waals surface area contributed by atoms with E-state index >= 15 is 0 Å². The Kier molecular flexibility index (Phi) is 9.77. The van der Waals surface area contributed by atoms with E-state index in [0.717, 1.165) is 32.8 Å². The third-order valence-corrected chi connectivity index (χ3v) is 7.52. The summed E-state index contributed by atoms with van der Waals surface area (Å²) in [6, 6.07) is 29.6. The standard InChI is InChI=1S/C34H33N3O3S/c1-22-17-18-30(24(3)19-22)36-32(38)25(4)41-29-16-10-15-28(21-29)35-34(40)31(20-27-14-9-8-11-23(27)2)37-33(39)26-12-6-5-7-13-26/h5-21,25H,1-4H3,(H,35,40)(H,36,38)(H,37,39)/b31-20-. The first-order valence-electron chi connectivity index (χ1n) is 13.3. The van der Waals surface area contributed by atoms with Gasteiger partial charge in [-0.25, -0.2) is 0 Å². The summed E-state index contributed by atoms with van der Waals surface area (Å²) in [6.45, 7) is 7.77. The lowest BCUT2D eigenvalue weighted by Crippen LogP contribution is -2.30. The Balaban J connectivity index is 1.48. The number of amides is 3. The van der Waals surface area contributed by atoms with E-state index in [1.54, 1.807) is 36.4 Å². The Bertz CT molecular complexity index is 1600. The molecule has 0 aliphatic heterocycles. The molecule has 41 heavy (non-hydrogen) atoms. The van der Waals surface area contributed by atoms with Crippen molar-refractivity contribution in [3.63, 3.8) is 0 Å². The van der Waals surface area contributed by atoms with E-state index in [1.165, 1.54) is 11.8 Å². The molecule has 7 heteroatoms. The Morgan fingerprint density at radius 3 is 2.22 bits per heavy atom. The molecular formula is C34H33N3O3S. The first-order chi connectivity index (χ1) is 19.7. The van der Waals surface area contributed by atoms with E-state index in [4.69, 9.17) is 0 Å². The van der Waals surface area contributed by atoms with Crippen LogP contribution in [0.5, 0.6) is 0 Å². The second kappa shape index (κ2) is 13.6. The molecule has 0 radical (unpaired) electrons. The summed E-state index contributed by atoms with van der Waals surface area (Å²) in [5, 5.41) is 8.30. The number of carbonyl (C=O) groups is 3. The number of benzene rings is 4. The molecule has 0 bridgehead atoms. The molecular weight excluding hydrogens is 530 g/mol. The quantitative estimate of drug-likeness (QED) is 0.149. The van der Waals surface area contributed by atoms with Gasteiger partial charge in [0.1, 0.15) is 5.70 Å². The Hall–Kier alpha value is -4.62. The van der Waals surface area contributed by atoms with Crippen molar-refractivity contribution in [1.29, 1.82) is 0 Å². The van der Waals surface area contributed by atoms with Crippen molar-refractivity contribution < 1.29 is 14.4 Å². The normalized spacial score (nSPS) is 11.9. The number of hydrogen-bond donors (Lipinski definition) is 3. The van der Waals surface area contributed by atoms with Crippen LogP contribution in [0, 0.1) is 20.8 Å². The van der Waals surface area contributed by atoms with E-state index < -0.39 is 5.91 Å². The van der Waals surface area contributed by atoms with Gasteiger partial charge in [-0.2, -0.15) is 0 Å². The molecule has 0 heterocycles. The second-order valence-corrected chi connectivity index (χ2v) is 11.2. The minimum Gasteiger partial charge on any atom is -0.325 e. The zero-order chi connectivity index (χ0) is 29.4. The maximum Gasteiger partial charge on any atom is 0.272 e. The summed E-state index contributed by atoms with van der Waals surface area (Å²) in [5.74, 6) is -0.947. The molecule has 1 unspecified atom stereocenters. The molecule has 208 valence electrons. The molecule has 3 amide bonds. The van der Waals surface area contributed by atoms with Crippen molar-refractivity contribution in [2.24, 2.45) is 0 Å². The lowest BCUT2D eigenvalue weighted by molar-refractivity contribution is -0.115. The van der Waals surface area contributed by atoms with Gasteiger partial charge in [-0.05, 0) is 86.9 Å². The predicted molar refractivity (Wildman–Crippen MR) is 168 cm³/mol. The van der Waals surface area contributed by atoms with Gasteiger partial charge >= 0.3 is 0 Å². The average molecular weight is 564 g/mol. The number of nitrogens with one attached hydrogen (secondary N) is 3. The molecule has 0 aliphatic carbocycles. The summed E-state index contributed by atoms with van der Waals surface area (Å²) in [5.41, 5.74) is 5.84. The molecule has 0 fully saturated rings. The minimum absolute atomic E-state index is 0.108. The van der Waals surface area contributed by atoms with Crippen molar-refractivity contribution >= 4 is 46.9 Å². The topological polar surface area (TPSA) is 87.3 Å². The first-order valence-corrected chi connectivity index (χ1v) is 14.2. The van der Waals surface area contributed by atoms with Crippen LogP contribution < -0.4 is 16.0 Å². The van der Waals surface area contributed by atoms with E-state index in [2.05, 4.69) is 16.0 Å². The first kappa shape index (κ1) is 29.4. The Morgan fingerprint density at radius 2 is 1.49 bits per heavy atom. The van der Waals surface area contributed by atoms with Gasteiger partial charge in [0, 0.05) is 21.8 Å². The van der Waals surface area contributed by atoms with Crippen LogP contribution in [-0.2, 0) is 9.59 Å². The van der Waals surface area contributed by atoms with Crippen molar-refractivity contribution in [3.8, 4) is 0 Å². The van der Waals surface area contributed by atoms with Gasteiger partial charge < -0.3 is 16.0 Å². The molecule has 6 nitrogen and oxygen atoms in total. The average Bonchev–Trinajstić information content (AvgIpc) is 2.95. The van der Waals surface area contributed by atoms with Gasteiger partial charge in [-0.1, -0.05) is 66.2 Å². The lowest BCUT2D eigenvalue weighted by atomic mass is 10.1. The number of anilines is 2. The van der Waals surface area contributed by atoms with E-state index in [1.807, 2.05) is 94.4 Å². The van der Waals surface area contributed by atoms with E-state index in [9.17, 15) is 14.4 Å². The van der Waals surface area contributed by atoms with Crippen molar-refractivity contribution in [1.82, 2.24) is 5.32 Å². The van der Waals surface area contributed by atoms with Crippen LogP contribution in [0.25, 0.3) is 6.08 Å². The number of rotatable bonds is 9. The van der Waals surface area contributed by atoms with Gasteiger partial charge in [0.2, 0.25) is 5.91 Å². The molecule has 4 aromatic carbocycles. The van der Waals surface area contributed by atoms with Crippen molar-refractivity contribution in [2.75, 3.05) is 10.6 Å². The molecule has 0 aliphatic rings. The number of hydrogen-bond acceptors (Lipinski definition) is 4. The third kappa shape index (κ3) is 8.19. The van der Waals surface area contributed by atoms with Crippen molar-refractivity contribution in [3.05, 3.63) is 131 Å². The second-order valence-electron chi connectivity index (χ2n) is 9.78. The summed E-state index contributed by atoms with van der Waals surface area (Å²) < 4.78 is 0. The SMILES string of the molecule is Cc1ccc(NC(=O)C(C)Sc2cccc(NC(=O)/C(=C/c3ccccc3C)NC(=O)c3ccccc3)c2)c(C)c1. The summed E-state index contributed by atoms with van der Waals surface area (Å²) in [6.07, 6.45) is 1.67. The number of aryl methyl sites for hydroxylation is 3. The molecule has 3 N–H and O–H groups in total. The minimum atomic E-state index is -0.458. The van der Waals surface area contributed by atoms with Crippen LogP contribution in [0.1, 0.15) is 39.5 Å². The van der Waals surface area contributed by atoms with Crippen LogP contribution >= 0.6 is 11.8 Å². The van der Waals surface area contributed by atoms with Gasteiger partial charge in [0.15, 0.2) is 0 Å². The van der Waals surface area contributed by atoms with Crippen LogP contribution in [0.4, 0.5) is 11.4 Å². The highest BCUT2D eigenvalue weighted by molar-refractivity contribution is 8.00. The van der Waals surface area contributed by atoms with Gasteiger partial charge in [-0.3, -0.25) is 14.4 Å². The molecule has 0 saturated heterocycles. The fourth-order valence-electron chi connectivity index (χ4n) is 4.14. The van der Waals surface area contributed by atoms with Crippen LogP contribution in [0.2, 0.25) is 0 Å². The highest BCUT2D eigenvalue weighted by Crippen LogP contribution is 2.27. The highest BCUT2D eigenvalue weighted by Gasteiger charge is 2.18. The highest BCUT2D eigenvalue weighted by atomic mass is 32.2. The zero-order valence-corrected chi connectivity index (χ0v) is 24.3. The van der Waals surface area contributed by atoms with Gasteiger partial charge in [-0.15, -0.1) is 11.8 Å². The predicted octanol–water partition coefficient (Wildman–Crippen LogP) is 7.14. The molecule has 0 aromatic heterocycles. The third-order valence-electron chi connectivity index (χ3n) is 6.43. The molecule has 0 saturated carbocycles. The summed E-state index contributed by atoms with van der Waals surface area (Å²) in [4.78, 5) is 40.1. The Morgan fingerprint density at radius 1 is 0.756 bits per heavy atom. The number of thioether (sulfide) groups is 1. The maximum atomic E-state index is 13.4. The maximum absolute atomic E-state index is 13.4. The van der Waals surface area contributed by atoms with Crippen LogP contribution in [0.3, 0.4) is 0 Å². The van der Waals surface area contributed by atoms with E-state index in [0.29, 0.717) is 11.3 Å². The fraction of sp³-hybridized carbons (Fsp3) is 0.147. The summed E-state index contributed by atoms with van der Waals surface area (Å²) >= 11 is 1.39.